The van der Waals surface area contributed by atoms with Gasteiger partial charge in [0.2, 0.25) is 0 Å². The summed E-state index contributed by atoms with van der Waals surface area (Å²) in [4.78, 5) is 10.7. The van der Waals surface area contributed by atoms with E-state index in [1.807, 2.05) is 6.07 Å². The molecule has 0 aliphatic heterocycles. The fourth-order valence-corrected chi connectivity index (χ4v) is 1.81. The number of nitro benzene ring substituents is 1. The Kier molecular flexibility index (Phi) is 5.28. The summed E-state index contributed by atoms with van der Waals surface area (Å²) in [6.45, 7) is 3.64. The van der Waals surface area contributed by atoms with Crippen molar-refractivity contribution in [3.8, 4) is 5.75 Å². The van der Waals surface area contributed by atoms with Gasteiger partial charge in [0, 0.05) is 18.7 Å². The first-order valence-electron chi connectivity index (χ1n) is 6.71. The van der Waals surface area contributed by atoms with Crippen molar-refractivity contribution in [1.82, 2.24) is 10.5 Å². The molecule has 1 heterocycles. The number of aromatic nitrogens is 1. The Labute approximate surface area is 122 Å². The summed E-state index contributed by atoms with van der Waals surface area (Å²) in [5.41, 5.74) is 0.799. The number of ether oxygens (including phenoxy) is 1. The van der Waals surface area contributed by atoms with Crippen molar-refractivity contribution in [3.63, 3.8) is 0 Å². The second-order valence-electron chi connectivity index (χ2n) is 4.50. The molecule has 1 N–H and O–H groups in total. The molecule has 0 unspecified atom stereocenters. The summed E-state index contributed by atoms with van der Waals surface area (Å²) in [6, 6.07) is 6.59. The van der Waals surface area contributed by atoms with E-state index in [9.17, 15) is 10.1 Å². The first-order valence-corrected chi connectivity index (χ1v) is 6.71. The van der Waals surface area contributed by atoms with Gasteiger partial charge in [-0.3, -0.25) is 10.1 Å². The highest BCUT2D eigenvalue weighted by molar-refractivity contribution is 5.48. The highest BCUT2D eigenvalue weighted by Crippen LogP contribution is 2.28. The fraction of sp³-hybridized carbons (Fsp3) is 0.357. The maximum Gasteiger partial charge on any atom is 0.311 e. The monoisotopic (exact) mass is 291 g/mol. The Balaban J connectivity index is 2.07. The SMILES string of the molecule is CCCNCc1ccc(OCc2ccno2)c([N+](=O)[O-])c1. The summed E-state index contributed by atoms with van der Waals surface area (Å²) in [5, 5.41) is 17.9. The topological polar surface area (TPSA) is 90.4 Å². The zero-order valence-corrected chi connectivity index (χ0v) is 11.7. The smallest absolute Gasteiger partial charge is 0.311 e. The molecule has 21 heavy (non-hydrogen) atoms. The first-order chi connectivity index (χ1) is 10.2. The number of nitrogens with one attached hydrogen (secondary N) is 1. The summed E-state index contributed by atoms with van der Waals surface area (Å²) >= 11 is 0. The van der Waals surface area contributed by atoms with Crippen LogP contribution in [0, 0.1) is 10.1 Å². The van der Waals surface area contributed by atoms with Crippen LogP contribution in [0.1, 0.15) is 24.7 Å². The molecule has 0 saturated heterocycles. The summed E-state index contributed by atoms with van der Waals surface area (Å²) < 4.78 is 10.3. The van der Waals surface area contributed by atoms with E-state index in [2.05, 4.69) is 17.4 Å². The molecule has 7 nitrogen and oxygen atoms in total. The zero-order chi connectivity index (χ0) is 15.1. The molecule has 0 atom stereocenters. The van der Waals surface area contributed by atoms with Crippen LogP contribution in [0.2, 0.25) is 0 Å². The predicted molar refractivity (Wildman–Crippen MR) is 75.9 cm³/mol. The number of nitro groups is 1. The largest absolute Gasteiger partial charge is 0.479 e. The second kappa shape index (κ2) is 7.39. The number of hydrogen-bond donors (Lipinski definition) is 1. The van der Waals surface area contributed by atoms with Gasteiger partial charge in [0.25, 0.3) is 0 Å². The van der Waals surface area contributed by atoms with E-state index in [4.69, 9.17) is 9.26 Å². The van der Waals surface area contributed by atoms with E-state index in [1.54, 1.807) is 12.1 Å². The number of hydrogen-bond acceptors (Lipinski definition) is 6. The molecule has 1 aromatic carbocycles. The van der Waals surface area contributed by atoms with Gasteiger partial charge in [-0.1, -0.05) is 18.1 Å². The maximum atomic E-state index is 11.1. The summed E-state index contributed by atoms with van der Waals surface area (Å²) in [5.74, 6) is 0.730. The van der Waals surface area contributed by atoms with Gasteiger partial charge >= 0.3 is 5.69 Å². The van der Waals surface area contributed by atoms with Crippen LogP contribution in [0.4, 0.5) is 5.69 Å². The Hall–Kier alpha value is -2.41. The normalized spacial score (nSPS) is 10.5. The van der Waals surface area contributed by atoms with Crippen LogP contribution in [0.3, 0.4) is 0 Å². The van der Waals surface area contributed by atoms with Gasteiger partial charge in [-0.05, 0) is 24.6 Å². The van der Waals surface area contributed by atoms with Crippen LogP contribution >= 0.6 is 0 Å². The van der Waals surface area contributed by atoms with Gasteiger partial charge in [0.1, 0.15) is 6.61 Å². The van der Waals surface area contributed by atoms with E-state index >= 15 is 0 Å². The minimum absolute atomic E-state index is 0.0506. The quantitative estimate of drug-likeness (QED) is 0.457. The number of benzene rings is 1. The second-order valence-corrected chi connectivity index (χ2v) is 4.50. The van der Waals surface area contributed by atoms with Gasteiger partial charge < -0.3 is 14.6 Å². The van der Waals surface area contributed by atoms with Crippen molar-refractivity contribution in [2.45, 2.75) is 26.5 Å². The van der Waals surface area contributed by atoms with Gasteiger partial charge in [0.15, 0.2) is 11.5 Å². The summed E-state index contributed by atoms with van der Waals surface area (Å²) in [6.07, 6.45) is 2.51. The summed E-state index contributed by atoms with van der Waals surface area (Å²) in [7, 11) is 0. The molecule has 7 heteroatoms. The van der Waals surface area contributed by atoms with Crippen molar-refractivity contribution in [3.05, 3.63) is 51.9 Å². The molecular formula is C14H17N3O4. The van der Waals surface area contributed by atoms with Crippen molar-refractivity contribution in [2.24, 2.45) is 0 Å². The Bertz CT molecular complexity index is 584. The van der Waals surface area contributed by atoms with E-state index in [1.165, 1.54) is 12.3 Å². The molecule has 0 spiro atoms. The van der Waals surface area contributed by atoms with Gasteiger partial charge in [-0.2, -0.15) is 0 Å². The molecule has 1 aromatic heterocycles. The average Bonchev–Trinajstić information content (AvgIpc) is 2.99. The molecule has 112 valence electrons. The van der Waals surface area contributed by atoms with Crippen molar-refractivity contribution < 1.29 is 14.2 Å². The Morgan fingerprint density at radius 1 is 1.43 bits per heavy atom. The van der Waals surface area contributed by atoms with E-state index in [0.717, 1.165) is 18.5 Å². The molecule has 0 bridgehead atoms. The molecule has 0 aliphatic rings. The molecule has 0 amide bonds. The molecule has 2 aromatic rings. The third-order valence-corrected chi connectivity index (χ3v) is 2.84. The standard InChI is InChI=1S/C14H17N3O4/c1-2-6-15-9-11-3-4-14(13(8-11)17(18)19)20-10-12-5-7-16-21-12/h3-5,7-8,15H,2,6,9-10H2,1H3. The average molecular weight is 291 g/mol. The van der Waals surface area contributed by atoms with Crippen LogP contribution in [0.25, 0.3) is 0 Å². The Morgan fingerprint density at radius 2 is 2.29 bits per heavy atom. The third-order valence-electron chi connectivity index (χ3n) is 2.84. The van der Waals surface area contributed by atoms with Crippen molar-refractivity contribution in [2.75, 3.05) is 6.54 Å². The van der Waals surface area contributed by atoms with Crippen molar-refractivity contribution in [1.29, 1.82) is 0 Å². The molecule has 0 fully saturated rings. The predicted octanol–water partition coefficient (Wildman–Crippen LogP) is 2.66. The minimum Gasteiger partial charge on any atom is -0.479 e. The molecule has 0 radical (unpaired) electrons. The first kappa shape index (κ1) is 15.0. The molecular weight excluding hydrogens is 274 g/mol. The number of rotatable bonds is 8. The van der Waals surface area contributed by atoms with Crippen LogP contribution in [0.15, 0.2) is 35.0 Å². The lowest BCUT2D eigenvalue weighted by Gasteiger charge is -2.07. The van der Waals surface area contributed by atoms with E-state index in [-0.39, 0.29) is 18.0 Å². The lowest BCUT2D eigenvalue weighted by atomic mass is 10.2. The fourth-order valence-electron chi connectivity index (χ4n) is 1.81. The highest BCUT2D eigenvalue weighted by Gasteiger charge is 2.16. The lowest BCUT2D eigenvalue weighted by molar-refractivity contribution is -0.386. The molecule has 0 aliphatic carbocycles. The molecule has 0 saturated carbocycles. The molecule has 2 rings (SSSR count). The van der Waals surface area contributed by atoms with Crippen molar-refractivity contribution >= 4 is 5.69 Å². The lowest BCUT2D eigenvalue weighted by Crippen LogP contribution is -2.13. The minimum atomic E-state index is -0.445. The van der Waals surface area contributed by atoms with Crippen LogP contribution < -0.4 is 10.1 Å². The maximum absolute atomic E-state index is 11.1. The van der Waals surface area contributed by atoms with E-state index < -0.39 is 4.92 Å². The number of nitrogens with zero attached hydrogens (tertiary/aromatic N) is 2. The van der Waals surface area contributed by atoms with Crippen LogP contribution in [-0.2, 0) is 13.2 Å². The third kappa shape index (κ3) is 4.28. The van der Waals surface area contributed by atoms with Crippen LogP contribution in [-0.4, -0.2) is 16.6 Å². The van der Waals surface area contributed by atoms with Gasteiger partial charge in [-0.25, -0.2) is 0 Å². The van der Waals surface area contributed by atoms with Gasteiger partial charge in [0.05, 0.1) is 11.1 Å². The highest BCUT2D eigenvalue weighted by atomic mass is 16.6. The van der Waals surface area contributed by atoms with Crippen LogP contribution in [0.5, 0.6) is 5.75 Å². The zero-order valence-electron chi connectivity index (χ0n) is 11.7. The van der Waals surface area contributed by atoms with E-state index in [0.29, 0.717) is 12.3 Å². The Morgan fingerprint density at radius 3 is 2.95 bits per heavy atom. The van der Waals surface area contributed by atoms with Gasteiger partial charge in [-0.15, -0.1) is 0 Å².